The van der Waals surface area contributed by atoms with E-state index < -0.39 is 17.9 Å². The minimum atomic E-state index is -1.23. The van der Waals surface area contributed by atoms with Gasteiger partial charge in [0, 0.05) is 17.5 Å². The summed E-state index contributed by atoms with van der Waals surface area (Å²) in [5.74, 6) is -0.630. The molecule has 5 heterocycles. The van der Waals surface area contributed by atoms with Gasteiger partial charge in [-0.1, -0.05) is 150 Å². The number of aldehydes is 1. The summed E-state index contributed by atoms with van der Waals surface area (Å²) >= 11 is 0. The van der Waals surface area contributed by atoms with Crippen molar-refractivity contribution < 1.29 is 28.7 Å². The summed E-state index contributed by atoms with van der Waals surface area (Å²) in [7, 11) is 1.28. The van der Waals surface area contributed by atoms with Gasteiger partial charge in [0.2, 0.25) is 0 Å². The number of hydrogen-bond donors (Lipinski definition) is 0. The average Bonchev–Trinajstić information content (AvgIpc) is 4.02. The van der Waals surface area contributed by atoms with Crippen molar-refractivity contribution in [2.45, 2.75) is 159 Å². The van der Waals surface area contributed by atoms with E-state index in [0.29, 0.717) is 75.2 Å². The van der Waals surface area contributed by atoms with Gasteiger partial charge >= 0.3 is 35.0 Å². The third-order valence-corrected chi connectivity index (χ3v) is 14.4. The first-order valence-electron chi connectivity index (χ1n) is 24.4. The zero-order valence-electron chi connectivity index (χ0n) is 41.7. The molecule has 0 N–H and O–H groups in total. The Hall–Kier alpha value is -4.35. The molecule has 3 aliphatic rings. The van der Waals surface area contributed by atoms with Gasteiger partial charge in [-0.3, -0.25) is 19.2 Å². The molecular formula is C55H72MgN4O6-2. The smallest absolute Gasteiger partial charge is 0.678 e. The van der Waals surface area contributed by atoms with E-state index in [1.54, 1.807) is 0 Å². The van der Waals surface area contributed by atoms with Gasteiger partial charge in [0.1, 0.15) is 18.8 Å². The van der Waals surface area contributed by atoms with Gasteiger partial charge in [0.05, 0.1) is 7.11 Å². The fraction of sp³-hybridized carbons (Fsp3) is 0.564. The van der Waals surface area contributed by atoms with Gasteiger partial charge in [0.15, 0.2) is 5.78 Å². The van der Waals surface area contributed by atoms with Crippen LogP contribution in [0.5, 0.6) is 0 Å². The van der Waals surface area contributed by atoms with Crippen molar-refractivity contribution in [3.8, 4) is 0 Å². The van der Waals surface area contributed by atoms with E-state index in [1.165, 1.54) is 57.6 Å². The molecule has 0 fully saturated rings. The van der Waals surface area contributed by atoms with Crippen LogP contribution in [0, 0.1) is 43.4 Å². The van der Waals surface area contributed by atoms with Gasteiger partial charge < -0.3 is 29.7 Å². The van der Waals surface area contributed by atoms with Gasteiger partial charge in [-0.05, 0) is 89.5 Å². The van der Waals surface area contributed by atoms with Crippen molar-refractivity contribution >= 4 is 70.9 Å². The summed E-state index contributed by atoms with van der Waals surface area (Å²) < 4.78 is 11.0. The van der Waals surface area contributed by atoms with Crippen LogP contribution < -0.4 is 36.3 Å². The number of nitrogens with zero attached hydrogens (tertiary/aromatic N) is 4. The number of Topliss-reactive ketones (excluding diaryl/α,β-unsaturated/α-hetero) is 1. The van der Waals surface area contributed by atoms with Crippen LogP contribution in [0.25, 0.3) is 29.1 Å². The first-order valence-corrected chi connectivity index (χ1v) is 24.4. The summed E-state index contributed by atoms with van der Waals surface area (Å²) in [6.45, 7) is 21.6. The van der Waals surface area contributed by atoms with Crippen LogP contribution in [0.4, 0.5) is 0 Å². The third-order valence-electron chi connectivity index (χ3n) is 14.4. The van der Waals surface area contributed by atoms with Crippen molar-refractivity contribution in [3.63, 3.8) is 0 Å². The maximum absolute atomic E-state index is 14.4. The standard InChI is InChI=1S/C55H73N4O6.Mg/c1-12-38-35(8)42-27-43-36(9)40(23-24-48(61)65-26-25-34(7)22-16-21-33(6)20-15-19-32(5)18-14-17-31(3)4)52(58-43)50-51(55(63)64-11)54(62)49-37(10)44(59-53(49)50)28-46-39(13-2)41(30-60)47(57-46)29-45(38)56-42;/h25,27-33,40,51-52H,12-24,26H2,1-11H3,(H-,56,57,60,62);/q-3;+2/p-1/b34-25+,42-27-;/t32-,33-,40+,51-,52?;/m1./s1. The van der Waals surface area contributed by atoms with Crippen molar-refractivity contribution in [3.05, 3.63) is 94.4 Å². The zero-order valence-corrected chi connectivity index (χ0v) is 43.1. The van der Waals surface area contributed by atoms with Crippen LogP contribution in [0.3, 0.4) is 0 Å². The largest absolute Gasteiger partial charge is 2.00 e. The molecule has 0 saturated heterocycles. The van der Waals surface area contributed by atoms with Crippen molar-refractivity contribution in [2.75, 3.05) is 13.7 Å². The molecule has 5 atom stereocenters. The molecule has 6 rings (SSSR count). The van der Waals surface area contributed by atoms with Crippen LogP contribution in [-0.2, 0) is 31.9 Å². The number of allylic oxidation sites excluding steroid dienone is 2. The molecule has 10 nitrogen and oxygen atoms in total. The molecule has 66 heavy (non-hydrogen) atoms. The minimum Gasteiger partial charge on any atom is -0.678 e. The first-order chi connectivity index (χ1) is 31.1. The number of fused-ring (bicyclic) bond motifs is 8. The van der Waals surface area contributed by atoms with E-state index in [-0.39, 0.29) is 53.8 Å². The molecule has 2 aliphatic heterocycles. The van der Waals surface area contributed by atoms with Crippen LogP contribution in [0.15, 0.2) is 22.9 Å². The molecule has 0 spiro atoms. The second-order valence-corrected chi connectivity index (χ2v) is 19.5. The van der Waals surface area contributed by atoms with Crippen LogP contribution >= 0.6 is 0 Å². The van der Waals surface area contributed by atoms with E-state index in [0.717, 1.165) is 63.9 Å². The van der Waals surface area contributed by atoms with Crippen LogP contribution in [0.2, 0.25) is 0 Å². The molecule has 0 radical (unpaired) electrons. The Bertz CT molecular complexity index is 2580. The molecule has 3 aromatic rings. The monoisotopic (exact) mass is 909 g/mol. The van der Waals surface area contributed by atoms with Gasteiger partial charge in [0.25, 0.3) is 0 Å². The van der Waals surface area contributed by atoms with E-state index in [4.69, 9.17) is 29.7 Å². The Labute approximate surface area is 408 Å². The second-order valence-electron chi connectivity index (χ2n) is 19.5. The van der Waals surface area contributed by atoms with Gasteiger partial charge in [-0.2, -0.15) is 0 Å². The fourth-order valence-corrected chi connectivity index (χ4v) is 10.3. The predicted octanol–water partition coefficient (Wildman–Crippen LogP) is 7.67. The Kier molecular flexibility index (Phi) is 18.8. The summed E-state index contributed by atoms with van der Waals surface area (Å²) in [6.07, 6.45) is 21.5. The number of ketones is 1. The van der Waals surface area contributed by atoms with Crippen LogP contribution in [0.1, 0.15) is 180 Å². The molecule has 8 bridgehead atoms. The summed E-state index contributed by atoms with van der Waals surface area (Å²) in [5, 5.41) is 7.70. The zero-order chi connectivity index (χ0) is 47.1. The van der Waals surface area contributed by atoms with E-state index in [1.807, 2.05) is 52.0 Å². The second kappa shape index (κ2) is 23.6. The van der Waals surface area contributed by atoms with Crippen molar-refractivity contribution in [1.82, 2.24) is 15.0 Å². The molecule has 1 aliphatic carbocycles. The first kappa shape index (κ1) is 52.6. The molecule has 0 saturated carbocycles. The molecule has 0 amide bonds. The van der Waals surface area contributed by atoms with Gasteiger partial charge in [-0.25, -0.2) is 0 Å². The van der Waals surface area contributed by atoms with E-state index in [2.05, 4.69) is 41.5 Å². The van der Waals surface area contributed by atoms with Crippen LogP contribution in [-0.4, -0.2) is 66.8 Å². The number of methoxy groups -OCH3 is 1. The summed E-state index contributed by atoms with van der Waals surface area (Å²) in [6, 6.07) is -0.676. The third kappa shape index (κ3) is 11.7. The Morgan fingerprint density at radius 2 is 1.42 bits per heavy atom. The molecule has 352 valence electrons. The maximum Gasteiger partial charge on any atom is 2.00 e. The fourth-order valence-electron chi connectivity index (χ4n) is 10.3. The maximum atomic E-state index is 14.4. The van der Waals surface area contributed by atoms with Crippen molar-refractivity contribution in [1.29, 1.82) is 0 Å². The number of esters is 2. The van der Waals surface area contributed by atoms with E-state index in [9.17, 15) is 19.2 Å². The average molecular weight is 910 g/mol. The topological polar surface area (TPSA) is 143 Å². The molecule has 11 heteroatoms. The number of carbonyl (C=O) groups is 4. The van der Waals surface area contributed by atoms with Crippen molar-refractivity contribution in [2.24, 2.45) is 29.6 Å². The Morgan fingerprint density at radius 1 is 0.788 bits per heavy atom. The quantitative estimate of drug-likeness (QED) is 0.0346. The Balaban J connectivity index is 0.00000817. The number of ether oxygens (including phenoxy) is 2. The van der Waals surface area contributed by atoms with E-state index >= 15 is 0 Å². The number of aromatic nitrogens is 3. The molecule has 0 aromatic carbocycles. The molecular weight excluding hydrogens is 837 g/mol. The number of hydrogen-bond acceptors (Lipinski definition) is 6. The number of rotatable bonds is 21. The number of carbonyl (C=O) groups excluding carboxylic acids is 4. The SMILES string of the molecule is CCc1c2[n-]c(c1C=O)/C=c1\[n-]/c(c(C)c1CC)=C\C1=C(C)[C@H](CCC(=O)OC/C=C(\C)CCC[C@H](C)CCC[C@H](C)CCCC(C)C)C([N-]1)C1=c3[n-]/c(c(C)c3C(=O)[C@@H]1C(=O)OC)=C\2.[Mg+2]. The summed E-state index contributed by atoms with van der Waals surface area (Å²) in [5.41, 5.74) is 8.72. The molecule has 1 unspecified atom stereocenters. The normalized spacial score (nSPS) is 20.2. The Morgan fingerprint density at radius 3 is 2.06 bits per heavy atom. The summed E-state index contributed by atoms with van der Waals surface area (Å²) in [4.78, 5) is 69.1. The van der Waals surface area contributed by atoms with Gasteiger partial charge in [-0.15, -0.1) is 38.5 Å². The predicted molar refractivity (Wildman–Crippen MR) is 264 cm³/mol. The molecule has 3 aromatic heterocycles. The minimum absolute atomic E-state index is 0.